The molecule has 0 saturated carbocycles. The van der Waals surface area contributed by atoms with Crippen LogP contribution in [0.3, 0.4) is 0 Å². The Kier molecular flexibility index (Phi) is 6.51. The summed E-state index contributed by atoms with van der Waals surface area (Å²) in [7, 11) is 0. The first kappa shape index (κ1) is 16.2. The van der Waals surface area contributed by atoms with Gasteiger partial charge in [0.25, 0.3) is 0 Å². The van der Waals surface area contributed by atoms with Gasteiger partial charge >= 0.3 is 17.5 Å². The van der Waals surface area contributed by atoms with Crippen molar-refractivity contribution in [1.82, 2.24) is 0 Å². The van der Waals surface area contributed by atoms with Crippen LogP contribution in [-0.4, -0.2) is 22.6 Å². The van der Waals surface area contributed by atoms with Crippen molar-refractivity contribution >= 4 is 11.4 Å². The summed E-state index contributed by atoms with van der Waals surface area (Å²) in [5.74, 6) is 0. The highest BCUT2D eigenvalue weighted by atomic mass is 32.2. The molecule has 1 unspecified atom stereocenters. The monoisotopic (exact) mass is 240 g/mol. The minimum Gasteiger partial charge on any atom is -0.269 e. The summed E-state index contributed by atoms with van der Waals surface area (Å²) in [6.45, 7) is 3.10. The van der Waals surface area contributed by atoms with E-state index in [1.165, 1.54) is 0 Å². The molecule has 0 fully saturated rings. The fourth-order valence-electron chi connectivity index (χ4n) is 0.343. The number of hydrogen-bond donors (Lipinski definition) is 0. The Morgan fingerprint density at radius 2 is 1.64 bits per heavy atom. The van der Waals surface area contributed by atoms with Gasteiger partial charge in [-0.05, 0) is 20.8 Å². The maximum atomic E-state index is 11.5. The van der Waals surface area contributed by atoms with E-state index < -0.39 is 29.7 Å². The molecule has 0 radical (unpaired) electrons. The van der Waals surface area contributed by atoms with E-state index in [1.807, 2.05) is 0 Å². The normalized spacial score (nSPS) is 14.7. The third kappa shape index (κ3) is 11.8. The summed E-state index contributed by atoms with van der Waals surface area (Å²) in [4.78, 5) is 0. The third-order valence-electron chi connectivity index (χ3n) is 0.637. The summed E-state index contributed by atoms with van der Waals surface area (Å²) in [6, 6.07) is 0. The molecule has 0 amide bonds. The van der Waals surface area contributed by atoms with Crippen molar-refractivity contribution < 1.29 is 30.5 Å². The molecule has 0 aliphatic heterocycles. The molecule has 0 aliphatic rings. The highest BCUT2D eigenvalue weighted by Crippen LogP contribution is 2.17. The molecule has 0 aromatic rings. The average Bonchev–Trinajstić information content (AvgIpc) is 1.78. The van der Waals surface area contributed by atoms with Gasteiger partial charge in [-0.2, -0.15) is 17.4 Å². The number of hydrogen-bond acceptors (Lipinski definition) is 3. The van der Waals surface area contributed by atoms with Crippen LogP contribution < -0.4 is 0 Å². The zero-order valence-electron chi connectivity index (χ0n) is 7.88. The van der Waals surface area contributed by atoms with Crippen molar-refractivity contribution in [3.63, 3.8) is 0 Å². The van der Waals surface area contributed by atoms with Crippen LogP contribution in [0.25, 0.3) is 0 Å². The van der Waals surface area contributed by atoms with Crippen LogP contribution in [-0.2, 0) is 19.7 Å². The van der Waals surface area contributed by atoms with E-state index in [9.17, 15) is 17.4 Å². The minimum absolute atomic E-state index is 0. The van der Waals surface area contributed by atoms with Crippen LogP contribution >= 0.6 is 0 Å². The number of rotatable bonds is 3. The molecule has 0 saturated heterocycles. The van der Waals surface area contributed by atoms with Crippen molar-refractivity contribution in [2.45, 2.75) is 32.5 Å². The van der Waals surface area contributed by atoms with Crippen molar-refractivity contribution in [3.05, 3.63) is 0 Å². The van der Waals surface area contributed by atoms with E-state index in [-0.39, 0.29) is 4.70 Å². The summed E-state index contributed by atoms with van der Waals surface area (Å²) < 4.78 is 53.8. The van der Waals surface area contributed by atoms with Crippen molar-refractivity contribution in [3.8, 4) is 0 Å². The fourth-order valence-corrected chi connectivity index (χ4v) is 1.03. The van der Waals surface area contributed by atoms with Gasteiger partial charge in [0.1, 0.15) is 0 Å². The molecule has 0 rings (SSSR count). The molecule has 0 N–H and O–H groups in total. The van der Waals surface area contributed by atoms with E-state index in [4.69, 9.17) is 0 Å². The topological polar surface area (TPSA) is 35.5 Å². The average molecular weight is 240 g/mol. The molecule has 0 aromatic heterocycles. The SMILES string of the molecule is CC(C)(C)OS(=O)OCC(F)(F)F.F. The van der Waals surface area contributed by atoms with Crippen molar-refractivity contribution in [2.75, 3.05) is 6.61 Å². The standard InChI is InChI=1S/C6H11F3O3S.FH/c1-5(2,3)12-13(10)11-4-6(7,8)9;/h4H2,1-3H3;1H. The lowest BCUT2D eigenvalue weighted by molar-refractivity contribution is -0.153. The molecule has 8 heteroatoms. The summed E-state index contributed by atoms with van der Waals surface area (Å²) in [5, 5.41) is 0. The van der Waals surface area contributed by atoms with Gasteiger partial charge in [0.2, 0.25) is 0 Å². The van der Waals surface area contributed by atoms with Crippen LogP contribution in [0.4, 0.5) is 17.9 Å². The Morgan fingerprint density at radius 3 is 1.93 bits per heavy atom. The molecule has 3 nitrogen and oxygen atoms in total. The second-order valence-electron chi connectivity index (χ2n) is 3.28. The van der Waals surface area contributed by atoms with Gasteiger partial charge in [-0.25, -0.2) is 0 Å². The molecule has 88 valence electrons. The van der Waals surface area contributed by atoms with Crippen molar-refractivity contribution in [2.24, 2.45) is 0 Å². The molecule has 0 bridgehead atoms. The molecule has 0 spiro atoms. The fraction of sp³-hybridized carbons (Fsp3) is 1.00. The van der Waals surface area contributed by atoms with Gasteiger partial charge in [-0.1, -0.05) is 0 Å². The molecule has 1 atom stereocenters. The highest BCUT2D eigenvalue weighted by molar-refractivity contribution is 7.75. The Balaban J connectivity index is 0. The van der Waals surface area contributed by atoms with Gasteiger partial charge in [-0.3, -0.25) is 13.1 Å². The number of alkyl halides is 3. The summed E-state index contributed by atoms with van der Waals surface area (Å²) in [5.41, 5.74) is -0.795. The predicted molar refractivity (Wildman–Crippen MR) is 43.5 cm³/mol. The third-order valence-corrected chi connectivity index (χ3v) is 1.58. The first-order valence-electron chi connectivity index (χ1n) is 3.41. The highest BCUT2D eigenvalue weighted by Gasteiger charge is 2.30. The quantitative estimate of drug-likeness (QED) is 0.709. The maximum absolute atomic E-state index is 11.5. The summed E-state index contributed by atoms with van der Waals surface area (Å²) >= 11 is -2.36. The molecular formula is C6H12F4O3S. The minimum atomic E-state index is -4.49. The van der Waals surface area contributed by atoms with Crippen LogP contribution in [0.15, 0.2) is 0 Å². The zero-order valence-corrected chi connectivity index (χ0v) is 8.70. The lowest BCUT2D eigenvalue weighted by atomic mass is 10.2. The summed E-state index contributed by atoms with van der Waals surface area (Å²) in [6.07, 6.45) is -4.49. The first-order chi connectivity index (χ1) is 5.60. The Morgan fingerprint density at radius 1 is 1.21 bits per heavy atom. The smallest absolute Gasteiger partial charge is 0.269 e. The van der Waals surface area contributed by atoms with E-state index in [0.29, 0.717) is 0 Å². The van der Waals surface area contributed by atoms with Gasteiger partial charge < -0.3 is 0 Å². The van der Waals surface area contributed by atoms with Crippen LogP contribution in [0.1, 0.15) is 20.8 Å². The molecular weight excluding hydrogens is 228 g/mol. The lowest BCUT2D eigenvalue weighted by Gasteiger charge is -2.17. The second-order valence-corrected chi connectivity index (χ2v) is 4.09. The van der Waals surface area contributed by atoms with Gasteiger partial charge in [-0.15, -0.1) is 0 Å². The van der Waals surface area contributed by atoms with Gasteiger partial charge in [0.15, 0.2) is 6.61 Å². The second kappa shape index (κ2) is 5.62. The Hall–Kier alpha value is -0.210. The molecule has 0 aliphatic carbocycles. The van der Waals surface area contributed by atoms with Crippen molar-refractivity contribution in [1.29, 1.82) is 0 Å². The Bertz CT molecular complexity index is 186. The molecule has 0 aromatic carbocycles. The van der Waals surface area contributed by atoms with E-state index in [1.54, 1.807) is 20.8 Å². The zero-order chi connectivity index (χ0) is 10.7. The first-order valence-corrected chi connectivity index (χ1v) is 4.41. The number of halogens is 4. The molecule has 14 heavy (non-hydrogen) atoms. The van der Waals surface area contributed by atoms with E-state index in [0.717, 1.165) is 0 Å². The maximum Gasteiger partial charge on any atom is 0.413 e. The molecule has 0 heterocycles. The van der Waals surface area contributed by atoms with Crippen LogP contribution in [0, 0.1) is 0 Å². The van der Waals surface area contributed by atoms with Crippen LogP contribution in [0.5, 0.6) is 0 Å². The lowest BCUT2D eigenvalue weighted by Crippen LogP contribution is -2.25. The predicted octanol–water partition coefficient (Wildman–Crippen LogP) is 2.11. The van der Waals surface area contributed by atoms with Gasteiger partial charge in [0, 0.05) is 0 Å². The van der Waals surface area contributed by atoms with Gasteiger partial charge in [0.05, 0.1) is 5.60 Å². The Labute approximate surface area is 81.8 Å². The van der Waals surface area contributed by atoms with E-state index >= 15 is 0 Å². The van der Waals surface area contributed by atoms with Crippen LogP contribution in [0.2, 0.25) is 0 Å². The van der Waals surface area contributed by atoms with E-state index in [2.05, 4.69) is 8.37 Å². The largest absolute Gasteiger partial charge is 0.413 e.